The van der Waals surface area contributed by atoms with E-state index in [1.807, 2.05) is 27.9 Å². The average molecular weight is 732 g/mol. The molecule has 0 saturated heterocycles. The number of H-pyrrole nitrogens is 1. The van der Waals surface area contributed by atoms with Crippen LogP contribution in [0.15, 0.2) is 49.1 Å². The molecule has 1 aliphatic heterocycles. The SMILES string of the molecule is NCCOCCOCCOCCOCCOCCOCCC(=O)N1CCc2cc(Cn3nc(-c4cnc5[nH]ccc5c4)c4c(N)ncnc43)ccc2C1. The number of aromatic amines is 1. The van der Waals surface area contributed by atoms with Crippen LogP contribution in [0.2, 0.25) is 0 Å². The first-order valence-corrected chi connectivity index (χ1v) is 18.1. The molecule has 1 aliphatic rings. The lowest BCUT2D eigenvalue weighted by molar-refractivity contribution is -0.133. The zero-order chi connectivity index (χ0) is 36.7. The number of hydrogen-bond acceptors (Lipinski definition) is 13. The predicted molar refractivity (Wildman–Crippen MR) is 198 cm³/mol. The van der Waals surface area contributed by atoms with Crippen LogP contribution in [0, 0.1) is 0 Å². The summed E-state index contributed by atoms with van der Waals surface area (Å²) in [6.07, 6.45) is 6.21. The number of rotatable bonds is 23. The third-order valence-electron chi connectivity index (χ3n) is 8.78. The number of nitrogen functional groups attached to an aromatic ring is 1. The Morgan fingerprint density at radius 1 is 0.792 bits per heavy atom. The van der Waals surface area contributed by atoms with Gasteiger partial charge in [-0.05, 0) is 35.2 Å². The van der Waals surface area contributed by atoms with Gasteiger partial charge in [0.2, 0.25) is 5.91 Å². The van der Waals surface area contributed by atoms with Crippen LogP contribution in [0.25, 0.3) is 33.3 Å². The van der Waals surface area contributed by atoms with Crippen molar-refractivity contribution in [3.05, 3.63) is 65.7 Å². The summed E-state index contributed by atoms with van der Waals surface area (Å²) in [5.41, 5.74) is 18.2. The molecule has 1 amide bonds. The van der Waals surface area contributed by atoms with Crippen LogP contribution in [0.4, 0.5) is 5.82 Å². The minimum Gasteiger partial charge on any atom is -0.383 e. The van der Waals surface area contributed by atoms with Gasteiger partial charge in [0, 0.05) is 43.0 Å². The van der Waals surface area contributed by atoms with Crippen LogP contribution in [0.1, 0.15) is 23.1 Å². The van der Waals surface area contributed by atoms with E-state index in [1.165, 1.54) is 11.9 Å². The first-order valence-electron chi connectivity index (χ1n) is 18.1. The molecule has 0 bridgehead atoms. The Labute approximate surface area is 308 Å². The van der Waals surface area contributed by atoms with Crippen LogP contribution < -0.4 is 11.5 Å². The van der Waals surface area contributed by atoms with Crippen molar-refractivity contribution in [2.75, 3.05) is 98.1 Å². The van der Waals surface area contributed by atoms with Crippen molar-refractivity contribution in [3.63, 3.8) is 0 Å². The lowest BCUT2D eigenvalue weighted by atomic mass is 9.97. The summed E-state index contributed by atoms with van der Waals surface area (Å²) in [6, 6.07) is 10.4. The van der Waals surface area contributed by atoms with E-state index in [0.29, 0.717) is 134 Å². The molecule has 284 valence electrons. The van der Waals surface area contributed by atoms with E-state index in [-0.39, 0.29) is 5.91 Å². The predicted octanol–water partition coefficient (Wildman–Crippen LogP) is 2.33. The second-order valence-corrected chi connectivity index (χ2v) is 12.5. The average Bonchev–Trinajstić information content (AvgIpc) is 3.80. The number of nitrogens with zero attached hydrogens (tertiary/aromatic N) is 6. The third-order valence-corrected chi connectivity index (χ3v) is 8.78. The van der Waals surface area contributed by atoms with Gasteiger partial charge >= 0.3 is 0 Å². The fourth-order valence-electron chi connectivity index (χ4n) is 6.11. The summed E-state index contributed by atoms with van der Waals surface area (Å²) < 4.78 is 34.7. The highest BCUT2D eigenvalue weighted by Gasteiger charge is 2.22. The Balaban J connectivity index is 0.865. The largest absolute Gasteiger partial charge is 0.383 e. The number of benzene rings is 1. The van der Waals surface area contributed by atoms with Crippen LogP contribution >= 0.6 is 0 Å². The van der Waals surface area contributed by atoms with Crippen molar-refractivity contribution < 1.29 is 33.2 Å². The fourth-order valence-corrected chi connectivity index (χ4v) is 6.11. The minimum absolute atomic E-state index is 0.0829. The normalized spacial score (nSPS) is 13.0. The highest BCUT2D eigenvalue weighted by atomic mass is 16.6. The molecule has 5 aromatic rings. The summed E-state index contributed by atoms with van der Waals surface area (Å²) in [5.74, 6) is 0.457. The number of amides is 1. The minimum atomic E-state index is 0.0829. The van der Waals surface area contributed by atoms with Crippen molar-refractivity contribution in [1.29, 1.82) is 0 Å². The van der Waals surface area contributed by atoms with Gasteiger partial charge in [-0.1, -0.05) is 18.2 Å². The summed E-state index contributed by atoms with van der Waals surface area (Å²) in [5, 5.41) is 6.62. The van der Waals surface area contributed by atoms with E-state index in [1.54, 1.807) is 6.20 Å². The molecule has 0 unspecified atom stereocenters. The standard InChI is InChI=1S/C37H49N9O7/c38-6-10-49-12-14-51-16-18-53-20-19-52-17-15-50-13-11-48-9-5-32(47)45-8-4-28-21-27(1-2-30(28)25-45)24-46-37-33(35(39)42-26-43-37)34(44-46)31-22-29-3-7-40-36(29)41-23-31/h1-3,7,21-23,26H,4-6,8-20,24-25,38H2,(H,40,41)(H2,39,42,43). The summed E-state index contributed by atoms with van der Waals surface area (Å²) in [6.45, 7) is 8.05. The summed E-state index contributed by atoms with van der Waals surface area (Å²) in [4.78, 5) is 31.3. The van der Waals surface area contributed by atoms with Gasteiger partial charge in [0.05, 0.1) is 97.6 Å². The molecule has 0 fully saturated rings. The Kier molecular flexibility index (Phi) is 14.4. The number of aromatic nitrogens is 6. The van der Waals surface area contributed by atoms with E-state index in [4.69, 9.17) is 45.0 Å². The number of nitrogens with one attached hydrogen (secondary N) is 1. The second-order valence-electron chi connectivity index (χ2n) is 12.5. The number of anilines is 1. The molecule has 4 aromatic heterocycles. The Hall–Kier alpha value is -4.55. The quantitative estimate of drug-likeness (QED) is 0.0828. The first kappa shape index (κ1) is 38.2. The van der Waals surface area contributed by atoms with Crippen molar-refractivity contribution in [1.82, 2.24) is 34.6 Å². The molecule has 5 N–H and O–H groups in total. The van der Waals surface area contributed by atoms with E-state index in [9.17, 15) is 4.79 Å². The molecular formula is C37H49N9O7. The van der Waals surface area contributed by atoms with Gasteiger partial charge in [0.1, 0.15) is 23.5 Å². The monoisotopic (exact) mass is 731 g/mol. The fraction of sp³-hybridized carbons (Fsp3) is 0.486. The Bertz CT molecular complexity index is 1900. The van der Waals surface area contributed by atoms with Gasteiger partial charge in [-0.2, -0.15) is 5.10 Å². The molecule has 16 heteroatoms. The highest BCUT2D eigenvalue weighted by molar-refractivity contribution is 5.99. The maximum atomic E-state index is 13.0. The third kappa shape index (κ3) is 10.8. The van der Waals surface area contributed by atoms with Crippen LogP contribution in [0.5, 0.6) is 0 Å². The summed E-state index contributed by atoms with van der Waals surface area (Å²) in [7, 11) is 0. The molecule has 0 saturated carbocycles. The molecule has 16 nitrogen and oxygen atoms in total. The van der Waals surface area contributed by atoms with Gasteiger partial charge in [-0.25, -0.2) is 19.6 Å². The zero-order valence-electron chi connectivity index (χ0n) is 30.0. The lowest BCUT2D eigenvalue weighted by Gasteiger charge is -2.29. The number of carbonyl (C=O) groups excluding carboxylic acids is 1. The van der Waals surface area contributed by atoms with Crippen LogP contribution in [-0.4, -0.2) is 133 Å². The van der Waals surface area contributed by atoms with E-state index < -0.39 is 0 Å². The summed E-state index contributed by atoms with van der Waals surface area (Å²) >= 11 is 0. The van der Waals surface area contributed by atoms with E-state index in [2.05, 4.69) is 38.1 Å². The maximum Gasteiger partial charge on any atom is 0.225 e. The maximum absolute atomic E-state index is 13.0. The molecule has 0 atom stereocenters. The highest BCUT2D eigenvalue weighted by Crippen LogP contribution is 2.32. The molecule has 5 heterocycles. The van der Waals surface area contributed by atoms with Gasteiger partial charge in [0.15, 0.2) is 5.65 Å². The van der Waals surface area contributed by atoms with Crippen LogP contribution in [0.3, 0.4) is 0 Å². The number of nitrogens with two attached hydrogens (primary N) is 2. The zero-order valence-corrected chi connectivity index (χ0v) is 30.0. The number of carbonyl (C=O) groups is 1. The molecule has 0 spiro atoms. The van der Waals surface area contributed by atoms with Gasteiger partial charge in [0.25, 0.3) is 0 Å². The number of ether oxygens (including phenoxy) is 6. The van der Waals surface area contributed by atoms with Gasteiger partial charge < -0.3 is 49.8 Å². The van der Waals surface area contributed by atoms with Gasteiger partial charge in [-0.15, -0.1) is 0 Å². The Morgan fingerprint density at radius 2 is 1.47 bits per heavy atom. The molecule has 6 rings (SSSR count). The number of fused-ring (bicyclic) bond motifs is 3. The van der Waals surface area contributed by atoms with Crippen molar-refractivity contribution >= 4 is 33.8 Å². The molecule has 0 aliphatic carbocycles. The van der Waals surface area contributed by atoms with Crippen molar-refractivity contribution in [3.8, 4) is 11.3 Å². The smallest absolute Gasteiger partial charge is 0.225 e. The molecule has 0 radical (unpaired) electrons. The van der Waals surface area contributed by atoms with Crippen molar-refractivity contribution in [2.24, 2.45) is 5.73 Å². The van der Waals surface area contributed by atoms with Crippen molar-refractivity contribution in [2.45, 2.75) is 25.9 Å². The number of hydrogen-bond donors (Lipinski definition) is 3. The van der Waals surface area contributed by atoms with E-state index >= 15 is 0 Å². The molecule has 1 aromatic carbocycles. The topological polar surface area (TPSA) is 200 Å². The molecular weight excluding hydrogens is 682 g/mol. The lowest BCUT2D eigenvalue weighted by Crippen LogP contribution is -2.36. The van der Waals surface area contributed by atoms with Crippen LogP contribution in [-0.2, 0) is 52.7 Å². The second kappa shape index (κ2) is 20.1. The Morgan fingerprint density at radius 3 is 2.17 bits per heavy atom. The first-order chi connectivity index (χ1) is 26.1. The number of pyridine rings is 1. The van der Waals surface area contributed by atoms with Gasteiger partial charge in [-0.3, -0.25) is 4.79 Å². The van der Waals surface area contributed by atoms with E-state index in [0.717, 1.165) is 34.1 Å². The molecule has 53 heavy (non-hydrogen) atoms.